The second-order valence-electron chi connectivity index (χ2n) is 6.08. The molecule has 2 aliphatic rings. The maximum Gasteiger partial charge on any atom is 0.250 e. The average molecular weight is 352 g/mol. The molecule has 2 aromatic rings. The fraction of sp³-hybridized carbons (Fsp3) is 0.467. The first-order chi connectivity index (χ1) is 11.6. The lowest BCUT2D eigenvalue weighted by Gasteiger charge is -2.33. The van der Waals surface area contributed by atoms with E-state index in [2.05, 4.69) is 9.97 Å². The van der Waals surface area contributed by atoms with Crippen LogP contribution in [0.3, 0.4) is 0 Å². The van der Waals surface area contributed by atoms with Crippen molar-refractivity contribution in [3.8, 4) is 5.88 Å². The average Bonchev–Trinajstić information content (AvgIpc) is 3.32. The Labute approximate surface area is 139 Å². The Bertz CT molecular complexity index is 850. The predicted molar refractivity (Wildman–Crippen MR) is 83.3 cm³/mol. The molecule has 0 spiro atoms. The summed E-state index contributed by atoms with van der Waals surface area (Å²) in [7, 11) is -3.29. The highest BCUT2D eigenvalue weighted by Gasteiger charge is 2.42. The van der Waals surface area contributed by atoms with E-state index in [4.69, 9.17) is 4.74 Å². The van der Waals surface area contributed by atoms with E-state index in [1.54, 1.807) is 12.5 Å². The van der Waals surface area contributed by atoms with Gasteiger partial charge in [0.15, 0.2) is 5.82 Å². The Kier molecular flexibility index (Phi) is 3.76. The van der Waals surface area contributed by atoms with Crippen LogP contribution in [0.15, 0.2) is 30.9 Å². The molecule has 1 saturated carbocycles. The van der Waals surface area contributed by atoms with Crippen LogP contribution in [0.2, 0.25) is 0 Å². The van der Waals surface area contributed by atoms with Crippen molar-refractivity contribution >= 4 is 10.0 Å². The van der Waals surface area contributed by atoms with E-state index in [0.717, 1.165) is 18.5 Å². The van der Waals surface area contributed by atoms with Crippen molar-refractivity contribution < 1.29 is 17.5 Å². The maximum atomic E-state index is 13.6. The zero-order valence-corrected chi connectivity index (χ0v) is 13.7. The number of rotatable bonds is 5. The van der Waals surface area contributed by atoms with Crippen LogP contribution in [-0.4, -0.2) is 45.7 Å². The van der Waals surface area contributed by atoms with Crippen molar-refractivity contribution in [1.82, 2.24) is 18.8 Å². The largest absolute Gasteiger partial charge is 0.473 e. The van der Waals surface area contributed by atoms with Crippen LogP contribution >= 0.6 is 0 Å². The van der Waals surface area contributed by atoms with Gasteiger partial charge in [0.1, 0.15) is 6.61 Å². The third kappa shape index (κ3) is 2.78. The highest BCUT2D eigenvalue weighted by molar-refractivity contribution is 7.90. The van der Waals surface area contributed by atoms with Gasteiger partial charge in [-0.15, -0.1) is 0 Å². The van der Waals surface area contributed by atoms with Gasteiger partial charge in [0, 0.05) is 18.9 Å². The molecule has 1 aliphatic heterocycles. The standard InChI is InChI=1S/C15H17FN4O3S/c16-14-2-1-5-18-15(14)23-9-12-8-19(24(21,22)13-3-4-13)7-11-6-17-10-20(11)12/h1-2,5-6,10,12-13H,3-4,7-9H2/t12-/m0/s1. The van der Waals surface area contributed by atoms with E-state index in [9.17, 15) is 12.8 Å². The van der Waals surface area contributed by atoms with Crippen molar-refractivity contribution in [3.05, 3.63) is 42.4 Å². The van der Waals surface area contributed by atoms with Gasteiger partial charge in [0.25, 0.3) is 0 Å². The van der Waals surface area contributed by atoms with Crippen LogP contribution in [0.5, 0.6) is 5.88 Å². The summed E-state index contributed by atoms with van der Waals surface area (Å²) in [6, 6.07) is 2.49. The number of hydrogen-bond acceptors (Lipinski definition) is 5. The molecule has 0 radical (unpaired) electrons. The molecule has 0 bridgehead atoms. The Morgan fingerprint density at radius 3 is 2.96 bits per heavy atom. The molecule has 3 heterocycles. The van der Waals surface area contributed by atoms with Gasteiger partial charge in [-0.2, -0.15) is 4.31 Å². The fourth-order valence-electron chi connectivity index (χ4n) is 2.91. The van der Waals surface area contributed by atoms with Gasteiger partial charge in [0.2, 0.25) is 15.9 Å². The molecule has 7 nitrogen and oxygen atoms in total. The summed E-state index contributed by atoms with van der Waals surface area (Å²) >= 11 is 0. The first-order valence-corrected chi connectivity index (χ1v) is 9.29. The van der Waals surface area contributed by atoms with Gasteiger partial charge in [-0.3, -0.25) is 0 Å². The molecule has 4 rings (SSSR count). The SMILES string of the molecule is O=S(=O)(C1CC1)N1Cc2cncn2[C@H](COc2ncccc2F)C1. The lowest BCUT2D eigenvalue weighted by Crippen LogP contribution is -2.43. The van der Waals surface area contributed by atoms with E-state index < -0.39 is 15.8 Å². The van der Waals surface area contributed by atoms with Gasteiger partial charge in [-0.1, -0.05) is 0 Å². The zero-order valence-electron chi connectivity index (χ0n) is 12.9. The predicted octanol–water partition coefficient (Wildman–Crippen LogP) is 1.35. The minimum absolute atomic E-state index is 0.0821. The van der Waals surface area contributed by atoms with Crippen LogP contribution < -0.4 is 4.74 Å². The van der Waals surface area contributed by atoms with E-state index >= 15 is 0 Å². The molecule has 24 heavy (non-hydrogen) atoms. The van der Waals surface area contributed by atoms with Crippen molar-refractivity contribution in [2.45, 2.75) is 30.7 Å². The summed E-state index contributed by atoms with van der Waals surface area (Å²) in [6.45, 7) is 0.720. The topological polar surface area (TPSA) is 77.3 Å². The van der Waals surface area contributed by atoms with Gasteiger partial charge in [-0.05, 0) is 25.0 Å². The Balaban J connectivity index is 1.55. The molecule has 0 saturated heterocycles. The van der Waals surface area contributed by atoms with E-state index in [1.165, 1.54) is 22.6 Å². The summed E-state index contributed by atoms with van der Waals surface area (Å²) in [5.41, 5.74) is 0.806. The fourth-order valence-corrected chi connectivity index (χ4v) is 4.75. The number of halogens is 1. The maximum absolute atomic E-state index is 13.6. The molecule has 0 amide bonds. The molecule has 2 aromatic heterocycles. The molecule has 1 fully saturated rings. The highest BCUT2D eigenvalue weighted by Crippen LogP contribution is 2.34. The number of aromatic nitrogens is 3. The van der Waals surface area contributed by atoms with Crippen molar-refractivity contribution in [3.63, 3.8) is 0 Å². The summed E-state index contributed by atoms with van der Waals surface area (Å²) in [6.07, 6.45) is 6.20. The molecule has 9 heteroatoms. The van der Waals surface area contributed by atoms with Crippen molar-refractivity contribution in [2.75, 3.05) is 13.2 Å². The highest BCUT2D eigenvalue weighted by atomic mass is 32.2. The summed E-state index contributed by atoms with van der Waals surface area (Å²) in [5.74, 6) is -0.622. The van der Waals surface area contributed by atoms with Crippen LogP contribution in [0.1, 0.15) is 24.6 Å². The molecule has 0 unspecified atom stereocenters. The van der Waals surface area contributed by atoms with Crippen LogP contribution in [0, 0.1) is 5.82 Å². The number of imidazole rings is 1. The Morgan fingerprint density at radius 2 is 2.21 bits per heavy atom. The lowest BCUT2D eigenvalue weighted by molar-refractivity contribution is 0.184. The van der Waals surface area contributed by atoms with E-state index in [1.807, 2.05) is 4.57 Å². The molecule has 1 aliphatic carbocycles. The second-order valence-corrected chi connectivity index (χ2v) is 8.30. The van der Waals surface area contributed by atoms with Crippen LogP contribution in [0.25, 0.3) is 0 Å². The van der Waals surface area contributed by atoms with Gasteiger partial charge < -0.3 is 9.30 Å². The first-order valence-electron chi connectivity index (χ1n) is 7.78. The minimum atomic E-state index is -3.29. The van der Waals surface area contributed by atoms with Gasteiger partial charge >= 0.3 is 0 Å². The molecule has 128 valence electrons. The quantitative estimate of drug-likeness (QED) is 0.812. The normalized spacial score (nSPS) is 21.5. The Hall–Kier alpha value is -2.00. The van der Waals surface area contributed by atoms with Gasteiger partial charge in [0.05, 0.1) is 29.9 Å². The van der Waals surface area contributed by atoms with Crippen molar-refractivity contribution in [1.29, 1.82) is 0 Å². The summed E-state index contributed by atoms with van der Waals surface area (Å²) in [4.78, 5) is 7.96. The van der Waals surface area contributed by atoms with Crippen LogP contribution in [0.4, 0.5) is 4.39 Å². The number of hydrogen-bond donors (Lipinski definition) is 0. The van der Waals surface area contributed by atoms with Crippen LogP contribution in [-0.2, 0) is 16.6 Å². The second kappa shape index (κ2) is 5.82. The number of fused-ring (bicyclic) bond motifs is 1. The molecule has 0 aromatic carbocycles. The van der Waals surface area contributed by atoms with E-state index in [0.29, 0.717) is 6.54 Å². The molecular weight excluding hydrogens is 335 g/mol. The van der Waals surface area contributed by atoms with Crippen molar-refractivity contribution in [2.24, 2.45) is 0 Å². The Morgan fingerprint density at radius 1 is 1.38 bits per heavy atom. The number of pyridine rings is 1. The number of sulfonamides is 1. The zero-order chi connectivity index (χ0) is 16.7. The molecular formula is C15H17FN4O3S. The van der Waals surface area contributed by atoms with E-state index in [-0.39, 0.29) is 30.3 Å². The summed E-state index contributed by atoms with van der Waals surface area (Å²) in [5, 5.41) is -0.262. The third-order valence-electron chi connectivity index (χ3n) is 4.34. The molecule has 0 N–H and O–H groups in total. The smallest absolute Gasteiger partial charge is 0.250 e. The minimum Gasteiger partial charge on any atom is -0.473 e. The third-order valence-corrected chi connectivity index (χ3v) is 6.65. The first kappa shape index (κ1) is 15.5. The monoisotopic (exact) mass is 352 g/mol. The molecule has 1 atom stereocenters. The number of nitrogens with zero attached hydrogens (tertiary/aromatic N) is 4. The summed E-state index contributed by atoms with van der Waals surface area (Å²) < 4.78 is 47.6. The number of ether oxygens (including phenoxy) is 1. The van der Waals surface area contributed by atoms with Gasteiger partial charge in [-0.25, -0.2) is 22.8 Å². The lowest BCUT2D eigenvalue weighted by atomic mass is 10.2.